The normalized spacial score (nSPS) is 25.5. The third-order valence-corrected chi connectivity index (χ3v) is 3.80. The van der Waals surface area contributed by atoms with E-state index in [1.807, 2.05) is 0 Å². The van der Waals surface area contributed by atoms with Crippen molar-refractivity contribution >= 4 is 5.91 Å². The Labute approximate surface area is 112 Å². The van der Waals surface area contributed by atoms with E-state index < -0.39 is 0 Å². The number of allylic oxidation sites excluding steroid dienone is 2. The second-order valence-electron chi connectivity index (χ2n) is 5.54. The van der Waals surface area contributed by atoms with Gasteiger partial charge >= 0.3 is 0 Å². The fourth-order valence-corrected chi connectivity index (χ4v) is 2.74. The maximum Gasteiger partial charge on any atom is 0.226 e. The molecule has 1 amide bonds. The van der Waals surface area contributed by atoms with E-state index in [0.29, 0.717) is 0 Å². The summed E-state index contributed by atoms with van der Waals surface area (Å²) >= 11 is 0. The highest BCUT2D eigenvalue weighted by Gasteiger charge is 2.36. The molecule has 104 valence electrons. The average molecular weight is 252 g/mol. The van der Waals surface area contributed by atoms with Crippen molar-refractivity contribution in [3.63, 3.8) is 0 Å². The third kappa shape index (κ3) is 4.45. The topological polar surface area (TPSA) is 32.3 Å². The van der Waals surface area contributed by atoms with Crippen molar-refractivity contribution < 1.29 is 4.79 Å². The Morgan fingerprint density at radius 2 is 2.22 bits per heavy atom. The van der Waals surface area contributed by atoms with Crippen LogP contribution in [0.5, 0.6) is 0 Å². The number of likely N-dealkylation sites (tertiary alicyclic amines) is 1. The first kappa shape index (κ1) is 15.2. The molecule has 0 aliphatic carbocycles. The molecule has 0 aromatic rings. The molecular weight excluding hydrogens is 224 g/mol. The number of carbonyl (C=O) groups is 1. The van der Waals surface area contributed by atoms with Crippen LogP contribution < -0.4 is 5.32 Å². The summed E-state index contributed by atoms with van der Waals surface area (Å²) in [5.41, 5.74) is -0.188. The van der Waals surface area contributed by atoms with E-state index in [1.165, 1.54) is 6.42 Å². The predicted octanol–water partition coefficient (Wildman–Crippen LogP) is 2.58. The first-order valence-corrected chi connectivity index (χ1v) is 7.22. The quantitative estimate of drug-likeness (QED) is 0.582. The molecule has 0 spiro atoms. The van der Waals surface area contributed by atoms with Crippen LogP contribution >= 0.6 is 0 Å². The van der Waals surface area contributed by atoms with E-state index in [9.17, 15) is 4.79 Å². The first-order chi connectivity index (χ1) is 8.62. The maximum atomic E-state index is 11.9. The molecule has 0 aromatic carbocycles. The average Bonchev–Trinajstić information content (AvgIpc) is 2.37. The largest absolute Gasteiger partial charge is 0.359 e. The van der Waals surface area contributed by atoms with Gasteiger partial charge in [0.2, 0.25) is 5.91 Å². The van der Waals surface area contributed by atoms with Gasteiger partial charge in [0.05, 0.1) is 5.41 Å². The van der Waals surface area contributed by atoms with Gasteiger partial charge in [0.25, 0.3) is 0 Å². The number of hydrogen-bond donors (Lipinski definition) is 1. The highest BCUT2D eigenvalue weighted by atomic mass is 16.2. The standard InChI is InChI=1S/C15H28N2O/c1-4-5-6-7-8-11-17-12-9-10-15(2,13-17)14(18)16-3/h5-6H,4,7-13H2,1-3H3,(H,16,18)/b6-5-/t15-/m0/s1. The van der Waals surface area contributed by atoms with Crippen LogP contribution in [0.2, 0.25) is 0 Å². The Kier molecular flexibility index (Phi) is 6.41. The molecule has 0 saturated carbocycles. The molecular formula is C15H28N2O. The van der Waals surface area contributed by atoms with Crippen molar-refractivity contribution in [3.8, 4) is 0 Å². The van der Waals surface area contributed by atoms with Gasteiger partial charge in [0, 0.05) is 13.6 Å². The molecule has 0 bridgehead atoms. The number of rotatable bonds is 6. The lowest BCUT2D eigenvalue weighted by atomic mass is 9.81. The van der Waals surface area contributed by atoms with Crippen LogP contribution in [-0.4, -0.2) is 37.5 Å². The molecule has 0 aromatic heterocycles. The number of nitrogens with one attached hydrogen (secondary N) is 1. The van der Waals surface area contributed by atoms with Gasteiger partial charge in [-0.3, -0.25) is 4.79 Å². The molecule has 1 fully saturated rings. The van der Waals surface area contributed by atoms with Crippen molar-refractivity contribution in [1.82, 2.24) is 10.2 Å². The summed E-state index contributed by atoms with van der Waals surface area (Å²) in [6.07, 6.45) is 10.1. The summed E-state index contributed by atoms with van der Waals surface area (Å²) in [6, 6.07) is 0. The zero-order valence-electron chi connectivity index (χ0n) is 12.2. The summed E-state index contributed by atoms with van der Waals surface area (Å²) < 4.78 is 0. The molecule has 3 nitrogen and oxygen atoms in total. The van der Waals surface area contributed by atoms with Gasteiger partial charge in [0.1, 0.15) is 0 Å². The Hall–Kier alpha value is -0.830. The number of nitrogens with zero attached hydrogens (tertiary/aromatic N) is 1. The molecule has 1 aliphatic heterocycles. The van der Waals surface area contributed by atoms with Gasteiger partial charge in [0.15, 0.2) is 0 Å². The third-order valence-electron chi connectivity index (χ3n) is 3.80. The van der Waals surface area contributed by atoms with Gasteiger partial charge < -0.3 is 10.2 Å². The first-order valence-electron chi connectivity index (χ1n) is 7.22. The second kappa shape index (κ2) is 7.57. The van der Waals surface area contributed by atoms with Crippen molar-refractivity contribution in [1.29, 1.82) is 0 Å². The van der Waals surface area contributed by atoms with Crippen molar-refractivity contribution in [2.24, 2.45) is 5.41 Å². The predicted molar refractivity (Wildman–Crippen MR) is 76.5 cm³/mol. The Morgan fingerprint density at radius 3 is 2.89 bits per heavy atom. The number of hydrogen-bond acceptors (Lipinski definition) is 2. The summed E-state index contributed by atoms with van der Waals surface area (Å²) in [4.78, 5) is 14.3. The van der Waals surface area contributed by atoms with Crippen LogP contribution in [0.4, 0.5) is 0 Å². The minimum absolute atomic E-state index is 0.188. The van der Waals surface area contributed by atoms with Crippen LogP contribution in [0, 0.1) is 5.41 Å². The van der Waals surface area contributed by atoms with E-state index in [0.717, 1.165) is 45.3 Å². The molecule has 18 heavy (non-hydrogen) atoms. The summed E-state index contributed by atoms with van der Waals surface area (Å²) in [5, 5.41) is 2.80. The van der Waals surface area contributed by atoms with E-state index in [4.69, 9.17) is 0 Å². The fourth-order valence-electron chi connectivity index (χ4n) is 2.74. The summed E-state index contributed by atoms with van der Waals surface area (Å²) in [6.45, 7) is 7.42. The molecule has 1 N–H and O–H groups in total. The van der Waals surface area contributed by atoms with Crippen LogP contribution in [0.1, 0.15) is 46.0 Å². The molecule has 0 unspecified atom stereocenters. The number of amides is 1. The molecule has 1 saturated heterocycles. The minimum atomic E-state index is -0.188. The lowest BCUT2D eigenvalue weighted by Crippen LogP contribution is -2.49. The SMILES string of the molecule is CC/C=C\CCCN1CCC[C@](C)(C(=O)NC)C1. The molecule has 1 atom stereocenters. The van der Waals surface area contributed by atoms with Gasteiger partial charge in [-0.05, 0) is 52.1 Å². The number of piperidine rings is 1. The van der Waals surface area contributed by atoms with Gasteiger partial charge in [-0.2, -0.15) is 0 Å². The van der Waals surface area contributed by atoms with Crippen LogP contribution in [0.15, 0.2) is 12.2 Å². The lowest BCUT2D eigenvalue weighted by molar-refractivity contribution is -0.132. The monoisotopic (exact) mass is 252 g/mol. The molecule has 1 aliphatic rings. The molecule has 1 heterocycles. The van der Waals surface area contributed by atoms with Gasteiger partial charge in [-0.25, -0.2) is 0 Å². The Balaban J connectivity index is 2.35. The zero-order chi connectivity index (χ0) is 13.4. The number of unbranched alkanes of at least 4 members (excludes halogenated alkanes) is 1. The molecule has 3 heteroatoms. The van der Waals surface area contributed by atoms with Crippen LogP contribution in [0.3, 0.4) is 0 Å². The van der Waals surface area contributed by atoms with E-state index in [2.05, 4.69) is 36.2 Å². The fraction of sp³-hybridized carbons (Fsp3) is 0.800. The molecule has 0 radical (unpaired) electrons. The van der Waals surface area contributed by atoms with E-state index in [1.54, 1.807) is 7.05 Å². The Bertz CT molecular complexity index is 288. The van der Waals surface area contributed by atoms with Gasteiger partial charge in [-0.1, -0.05) is 19.1 Å². The second-order valence-corrected chi connectivity index (χ2v) is 5.54. The zero-order valence-corrected chi connectivity index (χ0v) is 12.2. The van der Waals surface area contributed by atoms with Crippen molar-refractivity contribution in [3.05, 3.63) is 12.2 Å². The van der Waals surface area contributed by atoms with Gasteiger partial charge in [-0.15, -0.1) is 0 Å². The highest BCUT2D eigenvalue weighted by Crippen LogP contribution is 2.29. The van der Waals surface area contributed by atoms with Crippen LogP contribution in [0.25, 0.3) is 0 Å². The smallest absolute Gasteiger partial charge is 0.226 e. The summed E-state index contributed by atoms with van der Waals surface area (Å²) in [7, 11) is 1.74. The highest BCUT2D eigenvalue weighted by molar-refractivity contribution is 5.82. The van der Waals surface area contributed by atoms with E-state index >= 15 is 0 Å². The maximum absolute atomic E-state index is 11.9. The Morgan fingerprint density at radius 1 is 1.44 bits per heavy atom. The molecule has 1 rings (SSSR count). The van der Waals surface area contributed by atoms with E-state index in [-0.39, 0.29) is 11.3 Å². The number of carbonyl (C=O) groups excluding carboxylic acids is 1. The summed E-state index contributed by atoms with van der Waals surface area (Å²) in [5.74, 6) is 0.193. The van der Waals surface area contributed by atoms with Crippen molar-refractivity contribution in [2.45, 2.75) is 46.0 Å². The minimum Gasteiger partial charge on any atom is -0.359 e. The van der Waals surface area contributed by atoms with Crippen LogP contribution in [-0.2, 0) is 4.79 Å². The lowest BCUT2D eigenvalue weighted by Gasteiger charge is -2.39. The van der Waals surface area contributed by atoms with Crippen molar-refractivity contribution in [2.75, 3.05) is 26.7 Å².